The van der Waals surface area contributed by atoms with Gasteiger partial charge in [-0.1, -0.05) is 18.2 Å². The molecule has 0 radical (unpaired) electrons. The van der Waals surface area contributed by atoms with Crippen LogP contribution in [0, 0.1) is 0 Å². The molecule has 0 atom stereocenters. The second kappa shape index (κ2) is 4.56. The predicted molar refractivity (Wildman–Crippen MR) is 80.5 cm³/mol. The SMILES string of the molecule is O=C(c1nc2c([nH]1)CCCC2)c1csc2ccccc12. The Morgan fingerprint density at radius 2 is 2.05 bits per heavy atom. The van der Waals surface area contributed by atoms with Crippen molar-refractivity contribution in [3.63, 3.8) is 0 Å². The van der Waals surface area contributed by atoms with Crippen molar-refractivity contribution in [1.29, 1.82) is 0 Å². The van der Waals surface area contributed by atoms with E-state index in [0.717, 1.165) is 39.9 Å². The van der Waals surface area contributed by atoms with Gasteiger partial charge in [0.2, 0.25) is 5.78 Å². The van der Waals surface area contributed by atoms with Crippen molar-refractivity contribution in [2.45, 2.75) is 25.7 Å². The number of H-pyrrole nitrogens is 1. The molecule has 0 saturated carbocycles. The Labute approximate surface area is 120 Å². The van der Waals surface area contributed by atoms with Crippen LogP contribution in [-0.2, 0) is 12.8 Å². The van der Waals surface area contributed by atoms with Crippen LogP contribution < -0.4 is 0 Å². The molecule has 0 bridgehead atoms. The second-order valence-corrected chi connectivity index (χ2v) is 6.10. The Morgan fingerprint density at radius 3 is 2.95 bits per heavy atom. The van der Waals surface area contributed by atoms with Crippen LogP contribution in [0.5, 0.6) is 0 Å². The molecule has 1 aromatic carbocycles. The number of aryl methyl sites for hydroxylation is 2. The molecule has 0 fully saturated rings. The highest BCUT2D eigenvalue weighted by Crippen LogP contribution is 2.28. The third-order valence-corrected chi connectivity index (χ3v) is 4.86. The smallest absolute Gasteiger partial charge is 0.229 e. The first-order valence-electron chi connectivity index (χ1n) is 6.91. The van der Waals surface area contributed by atoms with Gasteiger partial charge >= 0.3 is 0 Å². The number of imidazole rings is 1. The average Bonchev–Trinajstić information content (AvgIpc) is 3.10. The van der Waals surface area contributed by atoms with Gasteiger partial charge in [0.05, 0.1) is 5.69 Å². The lowest BCUT2D eigenvalue weighted by molar-refractivity contribution is 0.103. The number of rotatable bonds is 2. The number of nitrogens with zero attached hydrogens (tertiary/aromatic N) is 1. The van der Waals surface area contributed by atoms with Crippen molar-refractivity contribution in [2.24, 2.45) is 0 Å². The summed E-state index contributed by atoms with van der Waals surface area (Å²) >= 11 is 1.61. The van der Waals surface area contributed by atoms with E-state index >= 15 is 0 Å². The van der Waals surface area contributed by atoms with E-state index in [1.165, 1.54) is 12.8 Å². The van der Waals surface area contributed by atoms with Gasteiger partial charge in [-0.05, 0) is 31.7 Å². The maximum absolute atomic E-state index is 12.7. The minimum absolute atomic E-state index is 0.0110. The minimum atomic E-state index is 0.0110. The van der Waals surface area contributed by atoms with Crippen molar-refractivity contribution in [3.8, 4) is 0 Å². The highest BCUT2D eigenvalue weighted by Gasteiger charge is 2.21. The van der Waals surface area contributed by atoms with Crippen LogP contribution in [0.2, 0.25) is 0 Å². The Hall–Kier alpha value is -1.94. The van der Waals surface area contributed by atoms with Crippen molar-refractivity contribution >= 4 is 27.2 Å². The summed E-state index contributed by atoms with van der Waals surface area (Å²) in [6.07, 6.45) is 4.36. The molecular weight excluding hydrogens is 268 g/mol. The summed E-state index contributed by atoms with van der Waals surface area (Å²) in [5.41, 5.74) is 3.00. The topological polar surface area (TPSA) is 45.8 Å². The molecule has 1 aliphatic rings. The summed E-state index contributed by atoms with van der Waals surface area (Å²) in [6, 6.07) is 8.02. The van der Waals surface area contributed by atoms with Crippen LogP contribution in [0.25, 0.3) is 10.1 Å². The van der Waals surface area contributed by atoms with Crippen LogP contribution in [0.1, 0.15) is 40.4 Å². The summed E-state index contributed by atoms with van der Waals surface area (Å²) in [6.45, 7) is 0. The quantitative estimate of drug-likeness (QED) is 0.728. The molecule has 0 saturated heterocycles. The molecule has 1 N–H and O–H groups in total. The zero-order chi connectivity index (χ0) is 13.5. The molecule has 0 spiro atoms. The molecule has 4 heteroatoms. The molecule has 0 amide bonds. The van der Waals surface area contributed by atoms with Crippen molar-refractivity contribution in [1.82, 2.24) is 9.97 Å². The van der Waals surface area contributed by atoms with E-state index in [9.17, 15) is 4.79 Å². The summed E-state index contributed by atoms with van der Waals surface area (Å²) in [4.78, 5) is 20.4. The van der Waals surface area contributed by atoms with Crippen LogP contribution in [0.4, 0.5) is 0 Å². The van der Waals surface area contributed by atoms with Gasteiger partial charge in [0.1, 0.15) is 0 Å². The molecule has 2 heterocycles. The number of aromatic amines is 1. The highest BCUT2D eigenvalue weighted by atomic mass is 32.1. The molecular formula is C16H14N2OS. The average molecular weight is 282 g/mol. The lowest BCUT2D eigenvalue weighted by atomic mass is 10.0. The van der Waals surface area contributed by atoms with Gasteiger partial charge in [0.25, 0.3) is 0 Å². The second-order valence-electron chi connectivity index (χ2n) is 5.19. The Bertz CT molecular complexity index is 776. The van der Waals surface area contributed by atoms with Crippen LogP contribution in [0.3, 0.4) is 0 Å². The summed E-state index contributed by atoms with van der Waals surface area (Å²) < 4.78 is 1.15. The Morgan fingerprint density at radius 1 is 1.20 bits per heavy atom. The molecule has 3 nitrogen and oxygen atoms in total. The fraction of sp³-hybridized carbons (Fsp3) is 0.250. The molecule has 1 aliphatic carbocycles. The maximum Gasteiger partial charge on any atom is 0.229 e. The number of hydrogen-bond acceptors (Lipinski definition) is 3. The lowest BCUT2D eigenvalue weighted by Crippen LogP contribution is -2.03. The van der Waals surface area contributed by atoms with Gasteiger partial charge in [-0.15, -0.1) is 11.3 Å². The number of thiophene rings is 1. The highest BCUT2D eigenvalue weighted by molar-refractivity contribution is 7.17. The first-order chi connectivity index (χ1) is 9.83. The Kier molecular flexibility index (Phi) is 2.70. The summed E-state index contributed by atoms with van der Waals surface area (Å²) in [5.74, 6) is 0.511. The minimum Gasteiger partial charge on any atom is -0.339 e. The number of benzene rings is 1. The largest absolute Gasteiger partial charge is 0.339 e. The molecule has 4 rings (SSSR count). The van der Waals surface area contributed by atoms with Gasteiger partial charge in [-0.2, -0.15) is 0 Å². The molecule has 3 aromatic rings. The van der Waals surface area contributed by atoms with Crippen LogP contribution >= 0.6 is 11.3 Å². The van der Waals surface area contributed by atoms with Gasteiger partial charge in [-0.3, -0.25) is 4.79 Å². The van der Waals surface area contributed by atoms with Crippen LogP contribution in [-0.4, -0.2) is 15.8 Å². The van der Waals surface area contributed by atoms with E-state index in [2.05, 4.69) is 9.97 Å². The van der Waals surface area contributed by atoms with E-state index in [1.54, 1.807) is 11.3 Å². The number of ketones is 1. The Balaban J connectivity index is 1.78. The third-order valence-electron chi connectivity index (χ3n) is 3.90. The summed E-state index contributed by atoms with van der Waals surface area (Å²) in [7, 11) is 0. The van der Waals surface area contributed by atoms with Gasteiger partial charge in [0.15, 0.2) is 5.82 Å². The third kappa shape index (κ3) is 1.79. The predicted octanol–water partition coefficient (Wildman–Crippen LogP) is 3.73. The van der Waals surface area contributed by atoms with Gasteiger partial charge < -0.3 is 4.98 Å². The standard InChI is InChI=1S/C16H14N2OS/c19-15(11-9-20-14-8-4-1-5-10(11)14)16-17-12-6-2-3-7-13(12)18-16/h1,4-5,8-9H,2-3,6-7H2,(H,17,18). The number of fused-ring (bicyclic) bond motifs is 2. The number of carbonyl (C=O) groups excluding carboxylic acids is 1. The van der Waals surface area contributed by atoms with E-state index < -0.39 is 0 Å². The fourth-order valence-electron chi connectivity index (χ4n) is 2.84. The van der Waals surface area contributed by atoms with E-state index in [4.69, 9.17) is 0 Å². The number of aromatic nitrogens is 2. The van der Waals surface area contributed by atoms with Gasteiger partial charge in [-0.25, -0.2) is 4.98 Å². The lowest BCUT2D eigenvalue weighted by Gasteiger charge is -2.07. The van der Waals surface area contributed by atoms with Crippen LogP contribution in [0.15, 0.2) is 29.6 Å². The zero-order valence-electron chi connectivity index (χ0n) is 11.0. The first-order valence-corrected chi connectivity index (χ1v) is 7.79. The summed E-state index contributed by atoms with van der Waals surface area (Å²) in [5, 5.41) is 2.96. The molecule has 100 valence electrons. The number of carbonyl (C=O) groups is 1. The molecule has 0 unspecified atom stereocenters. The van der Waals surface area contributed by atoms with E-state index in [1.807, 2.05) is 29.6 Å². The molecule has 2 aromatic heterocycles. The van der Waals surface area contributed by atoms with Crippen molar-refractivity contribution in [3.05, 3.63) is 52.4 Å². The monoisotopic (exact) mass is 282 g/mol. The van der Waals surface area contributed by atoms with E-state index in [-0.39, 0.29) is 5.78 Å². The van der Waals surface area contributed by atoms with Crippen molar-refractivity contribution in [2.75, 3.05) is 0 Å². The normalized spacial score (nSPS) is 14.4. The zero-order valence-corrected chi connectivity index (χ0v) is 11.8. The fourth-order valence-corrected chi connectivity index (χ4v) is 3.78. The number of nitrogens with one attached hydrogen (secondary N) is 1. The maximum atomic E-state index is 12.7. The van der Waals surface area contributed by atoms with Gasteiger partial charge in [0, 0.05) is 26.7 Å². The number of hydrogen-bond donors (Lipinski definition) is 1. The first kappa shape index (κ1) is 11.9. The molecule has 20 heavy (non-hydrogen) atoms. The van der Waals surface area contributed by atoms with E-state index in [0.29, 0.717) is 5.82 Å². The molecule has 0 aliphatic heterocycles. The van der Waals surface area contributed by atoms with Crippen molar-refractivity contribution < 1.29 is 4.79 Å².